The Labute approximate surface area is 113 Å². The van der Waals surface area contributed by atoms with E-state index in [1.54, 1.807) is 0 Å². The van der Waals surface area contributed by atoms with E-state index in [0.717, 1.165) is 41.6 Å². The predicted octanol–water partition coefficient (Wildman–Crippen LogP) is 2.89. The smallest absolute Gasteiger partial charge is 0.243 e. The predicted molar refractivity (Wildman–Crippen MR) is 75.2 cm³/mol. The summed E-state index contributed by atoms with van der Waals surface area (Å²) in [5.41, 5.74) is 2.05. The van der Waals surface area contributed by atoms with E-state index in [4.69, 9.17) is 0 Å². The molecule has 3 atom stereocenters. The SMILES string of the molecule is Cc1cccc2nc(NCC3CC4CCC3C4)nn12. The summed E-state index contributed by atoms with van der Waals surface area (Å²) >= 11 is 0. The second kappa shape index (κ2) is 4.22. The Hall–Kier alpha value is -1.58. The fourth-order valence-corrected chi connectivity index (χ4v) is 3.96. The van der Waals surface area contributed by atoms with Gasteiger partial charge in [0.2, 0.25) is 5.95 Å². The lowest BCUT2D eigenvalue weighted by atomic mass is 9.89. The van der Waals surface area contributed by atoms with Crippen molar-refractivity contribution in [3.05, 3.63) is 23.9 Å². The van der Waals surface area contributed by atoms with Crippen molar-refractivity contribution in [2.75, 3.05) is 11.9 Å². The van der Waals surface area contributed by atoms with Gasteiger partial charge in [0.15, 0.2) is 5.65 Å². The van der Waals surface area contributed by atoms with Crippen LogP contribution in [0.3, 0.4) is 0 Å². The van der Waals surface area contributed by atoms with Gasteiger partial charge in [-0.15, -0.1) is 5.10 Å². The van der Waals surface area contributed by atoms with Gasteiger partial charge in [-0.1, -0.05) is 12.5 Å². The average Bonchev–Trinajstić information content (AvgIpc) is 3.11. The molecular weight excluding hydrogens is 236 g/mol. The van der Waals surface area contributed by atoms with Crippen molar-refractivity contribution >= 4 is 11.6 Å². The van der Waals surface area contributed by atoms with E-state index in [9.17, 15) is 0 Å². The summed E-state index contributed by atoms with van der Waals surface area (Å²) in [4.78, 5) is 4.54. The van der Waals surface area contributed by atoms with Crippen molar-refractivity contribution in [1.82, 2.24) is 14.6 Å². The van der Waals surface area contributed by atoms with Crippen LogP contribution < -0.4 is 5.32 Å². The average molecular weight is 256 g/mol. The Morgan fingerprint density at radius 1 is 1.32 bits per heavy atom. The Morgan fingerprint density at radius 2 is 2.26 bits per heavy atom. The Kier molecular flexibility index (Phi) is 2.50. The minimum atomic E-state index is 0.775. The highest BCUT2D eigenvalue weighted by molar-refractivity contribution is 5.44. The van der Waals surface area contributed by atoms with Gasteiger partial charge in [0.1, 0.15) is 0 Å². The highest BCUT2D eigenvalue weighted by atomic mass is 15.3. The number of nitrogens with zero attached hydrogens (tertiary/aromatic N) is 3. The standard InChI is InChI=1S/C15H20N4/c1-10-3-2-4-14-17-15(18-19(10)14)16-9-13-8-11-5-6-12(13)7-11/h2-4,11-13H,5-9H2,1H3,(H,16,18). The van der Waals surface area contributed by atoms with Gasteiger partial charge in [-0.05, 0) is 56.1 Å². The fourth-order valence-electron chi connectivity index (χ4n) is 3.96. The normalized spacial score (nSPS) is 29.2. The Bertz CT molecular complexity index is 603. The molecule has 0 aliphatic heterocycles. The number of pyridine rings is 1. The molecule has 2 aliphatic carbocycles. The van der Waals surface area contributed by atoms with Crippen LogP contribution in [0.1, 0.15) is 31.4 Å². The van der Waals surface area contributed by atoms with Crippen molar-refractivity contribution < 1.29 is 0 Å². The number of aromatic nitrogens is 3. The second-order valence-corrected chi connectivity index (χ2v) is 6.19. The zero-order chi connectivity index (χ0) is 12.8. The van der Waals surface area contributed by atoms with E-state index in [1.165, 1.54) is 25.7 Å². The molecule has 4 rings (SSSR count). The molecule has 100 valence electrons. The third-order valence-electron chi connectivity index (χ3n) is 4.96. The maximum Gasteiger partial charge on any atom is 0.243 e. The zero-order valence-electron chi connectivity index (χ0n) is 11.3. The van der Waals surface area contributed by atoms with Gasteiger partial charge in [-0.25, -0.2) is 4.52 Å². The summed E-state index contributed by atoms with van der Waals surface area (Å²) in [7, 11) is 0. The molecule has 2 fully saturated rings. The van der Waals surface area contributed by atoms with Gasteiger partial charge in [0, 0.05) is 12.2 Å². The van der Waals surface area contributed by atoms with Crippen molar-refractivity contribution in [3.63, 3.8) is 0 Å². The van der Waals surface area contributed by atoms with Gasteiger partial charge < -0.3 is 5.32 Å². The molecule has 1 N–H and O–H groups in total. The van der Waals surface area contributed by atoms with Crippen LogP contribution in [0.25, 0.3) is 5.65 Å². The first-order valence-electron chi connectivity index (χ1n) is 7.36. The third-order valence-corrected chi connectivity index (χ3v) is 4.96. The van der Waals surface area contributed by atoms with E-state index < -0.39 is 0 Å². The van der Waals surface area contributed by atoms with Crippen LogP contribution in [0.5, 0.6) is 0 Å². The molecule has 2 heterocycles. The minimum Gasteiger partial charge on any atom is -0.353 e. The Morgan fingerprint density at radius 3 is 3.00 bits per heavy atom. The number of nitrogens with one attached hydrogen (secondary N) is 1. The van der Waals surface area contributed by atoms with Crippen LogP contribution in [0.15, 0.2) is 18.2 Å². The number of anilines is 1. The molecule has 4 heteroatoms. The minimum absolute atomic E-state index is 0.775. The maximum atomic E-state index is 4.54. The van der Waals surface area contributed by atoms with E-state index in [2.05, 4.69) is 28.4 Å². The molecule has 2 aromatic rings. The first-order chi connectivity index (χ1) is 9.29. The molecule has 0 spiro atoms. The summed E-state index contributed by atoms with van der Waals surface area (Å²) in [5.74, 6) is 3.58. The lowest BCUT2D eigenvalue weighted by Crippen LogP contribution is -2.20. The lowest BCUT2D eigenvalue weighted by Gasteiger charge is -2.21. The molecule has 19 heavy (non-hydrogen) atoms. The monoisotopic (exact) mass is 256 g/mol. The summed E-state index contributed by atoms with van der Waals surface area (Å²) in [5, 5.41) is 7.97. The van der Waals surface area contributed by atoms with Crippen molar-refractivity contribution in [1.29, 1.82) is 0 Å². The highest BCUT2D eigenvalue weighted by Crippen LogP contribution is 2.48. The number of fused-ring (bicyclic) bond motifs is 3. The molecule has 4 nitrogen and oxygen atoms in total. The van der Waals surface area contributed by atoms with Crippen LogP contribution in [0.4, 0.5) is 5.95 Å². The summed E-state index contributed by atoms with van der Waals surface area (Å²) < 4.78 is 1.91. The Balaban J connectivity index is 1.48. The molecule has 2 aliphatic rings. The first-order valence-corrected chi connectivity index (χ1v) is 7.36. The van der Waals surface area contributed by atoms with E-state index >= 15 is 0 Å². The number of aryl methyl sites for hydroxylation is 1. The molecule has 2 aromatic heterocycles. The maximum absolute atomic E-state index is 4.54. The number of hydrogen-bond donors (Lipinski definition) is 1. The van der Waals surface area contributed by atoms with E-state index in [0.29, 0.717) is 0 Å². The van der Waals surface area contributed by atoms with Gasteiger partial charge in [0.25, 0.3) is 0 Å². The largest absolute Gasteiger partial charge is 0.353 e. The van der Waals surface area contributed by atoms with E-state index in [1.807, 2.05) is 16.6 Å². The lowest BCUT2D eigenvalue weighted by molar-refractivity contribution is 0.348. The number of hydrogen-bond acceptors (Lipinski definition) is 3. The highest BCUT2D eigenvalue weighted by Gasteiger charge is 2.39. The molecule has 0 amide bonds. The van der Waals surface area contributed by atoms with Crippen LogP contribution in [-0.4, -0.2) is 21.1 Å². The zero-order valence-corrected chi connectivity index (χ0v) is 11.3. The van der Waals surface area contributed by atoms with Crippen molar-refractivity contribution in [2.24, 2.45) is 17.8 Å². The van der Waals surface area contributed by atoms with Crippen LogP contribution in [0.2, 0.25) is 0 Å². The second-order valence-electron chi connectivity index (χ2n) is 6.19. The molecule has 0 radical (unpaired) electrons. The molecule has 3 unspecified atom stereocenters. The van der Waals surface area contributed by atoms with Gasteiger partial charge >= 0.3 is 0 Å². The van der Waals surface area contributed by atoms with Gasteiger partial charge in [0.05, 0.1) is 0 Å². The van der Waals surface area contributed by atoms with Crippen LogP contribution >= 0.6 is 0 Å². The molecular formula is C15H20N4. The first kappa shape index (κ1) is 11.3. The van der Waals surface area contributed by atoms with Crippen LogP contribution in [-0.2, 0) is 0 Å². The molecule has 2 saturated carbocycles. The molecule has 0 saturated heterocycles. The molecule has 2 bridgehead atoms. The number of rotatable bonds is 3. The molecule has 0 aromatic carbocycles. The summed E-state index contributed by atoms with van der Waals surface area (Å²) in [6.45, 7) is 3.10. The fraction of sp³-hybridized carbons (Fsp3) is 0.600. The van der Waals surface area contributed by atoms with Crippen molar-refractivity contribution in [2.45, 2.75) is 32.6 Å². The summed E-state index contributed by atoms with van der Waals surface area (Å²) in [6, 6.07) is 6.09. The van der Waals surface area contributed by atoms with E-state index in [-0.39, 0.29) is 0 Å². The third kappa shape index (κ3) is 1.90. The van der Waals surface area contributed by atoms with Gasteiger partial charge in [-0.3, -0.25) is 0 Å². The quantitative estimate of drug-likeness (QED) is 0.918. The summed E-state index contributed by atoms with van der Waals surface area (Å²) in [6.07, 6.45) is 5.77. The van der Waals surface area contributed by atoms with Crippen LogP contribution in [0, 0.1) is 24.7 Å². The van der Waals surface area contributed by atoms with Gasteiger partial charge in [-0.2, -0.15) is 4.98 Å². The topological polar surface area (TPSA) is 42.2 Å². The van der Waals surface area contributed by atoms with Crippen molar-refractivity contribution in [3.8, 4) is 0 Å².